The molecule has 2 aliphatic heterocycles. The van der Waals surface area contributed by atoms with Crippen LogP contribution >= 0.6 is 27.7 Å². The third kappa shape index (κ3) is 10.9. The van der Waals surface area contributed by atoms with Gasteiger partial charge in [-0.05, 0) is 24.6 Å². The number of hydrogen-bond donors (Lipinski definition) is 4. The number of benzene rings is 1. The highest BCUT2D eigenvalue weighted by molar-refractivity contribution is 7.47. The number of amides is 1. The van der Waals surface area contributed by atoms with Gasteiger partial charge in [0.05, 0.1) is 24.6 Å². The molecular weight excluding hydrogens is 856 g/mol. The van der Waals surface area contributed by atoms with Crippen molar-refractivity contribution >= 4 is 62.4 Å². The molecule has 324 valence electrons. The Kier molecular flexibility index (Phi) is 14.7. The van der Waals surface area contributed by atoms with Crippen LogP contribution in [0.25, 0.3) is 11.2 Å². The molecule has 23 nitrogen and oxygen atoms in total. The second-order valence-electron chi connectivity index (χ2n) is 13.4. The number of phosphoric acid groups is 1. The second kappa shape index (κ2) is 19.7. The normalized spacial score (nSPS) is 23.5. The molecule has 2 fully saturated rings. The number of likely N-dealkylation sites (N-methyl/N-ethyl adjacent to an activating group) is 1. The molecule has 3 aromatic heterocycles. The molecule has 6 rings (SSSR count). The van der Waals surface area contributed by atoms with Gasteiger partial charge in [0.1, 0.15) is 66.9 Å². The number of ether oxygens (including phenoxy) is 4. The lowest BCUT2D eigenvalue weighted by Gasteiger charge is -2.29. The van der Waals surface area contributed by atoms with E-state index in [-0.39, 0.29) is 59.4 Å². The molecule has 3 unspecified atom stereocenters. The SMILES string of the molecule is C=CCCC(=O)N(C)[C@@H](COc1ccccc1Cl)C(=O)OC1C[C@H](n2cnc3c(N)ncnc32)O[C@@H]1COP(=O)(O)O[C@H]1C[C@H](n2ccc(N)nc2=O)O[C@@H]1CO[PH](=O)O. The average Bonchev–Trinajstić information content (AvgIpc) is 3.93. The van der Waals surface area contributed by atoms with E-state index in [0.717, 1.165) is 4.57 Å². The number of nitrogens with zero attached hydrogens (tertiary/aromatic N) is 7. The number of phosphoric ester groups is 1. The highest BCUT2D eigenvalue weighted by atomic mass is 35.5. The van der Waals surface area contributed by atoms with E-state index in [2.05, 4.69) is 26.5 Å². The molecule has 0 radical (unpaired) electrons. The van der Waals surface area contributed by atoms with Crippen molar-refractivity contribution in [2.75, 3.05) is 38.3 Å². The number of imidazole rings is 1. The van der Waals surface area contributed by atoms with Gasteiger partial charge >= 0.3 is 27.7 Å². The Balaban J connectivity index is 1.22. The van der Waals surface area contributed by atoms with Crippen molar-refractivity contribution < 1.29 is 61.0 Å². The molecule has 9 atom stereocenters. The molecule has 2 saturated heterocycles. The van der Waals surface area contributed by atoms with Crippen LogP contribution in [-0.2, 0) is 46.5 Å². The fourth-order valence-corrected chi connectivity index (χ4v) is 7.85. The van der Waals surface area contributed by atoms with Crippen molar-refractivity contribution in [3.05, 3.63) is 77.3 Å². The zero-order valence-electron chi connectivity index (χ0n) is 31.8. The summed E-state index contributed by atoms with van der Waals surface area (Å²) < 4.78 is 67.1. The molecule has 1 amide bonds. The minimum Gasteiger partial charge on any atom is -0.489 e. The Bertz CT molecular complexity index is 2320. The first-order chi connectivity index (χ1) is 28.6. The summed E-state index contributed by atoms with van der Waals surface area (Å²) in [6, 6.07) is 6.58. The highest BCUT2D eigenvalue weighted by Gasteiger charge is 2.46. The summed E-state index contributed by atoms with van der Waals surface area (Å²) in [5, 5.41) is 0.265. The first-order valence-electron chi connectivity index (χ1n) is 18.2. The summed E-state index contributed by atoms with van der Waals surface area (Å²) in [6.07, 6.45) is -1.50. The molecule has 0 spiro atoms. The van der Waals surface area contributed by atoms with Gasteiger partial charge in [-0.2, -0.15) is 4.98 Å². The number of fused-ring (bicyclic) bond motifs is 1. The number of carbonyl (C=O) groups excluding carboxylic acids is 2. The van der Waals surface area contributed by atoms with Crippen LogP contribution < -0.4 is 21.9 Å². The predicted molar refractivity (Wildman–Crippen MR) is 210 cm³/mol. The number of anilines is 2. The average molecular weight is 898 g/mol. The number of hydrogen-bond acceptors (Lipinski definition) is 18. The van der Waals surface area contributed by atoms with Crippen molar-refractivity contribution in [1.29, 1.82) is 0 Å². The van der Waals surface area contributed by atoms with Crippen molar-refractivity contribution in [1.82, 2.24) is 34.0 Å². The number of carbonyl (C=O) groups is 2. The van der Waals surface area contributed by atoms with Crippen LogP contribution in [0, 0.1) is 0 Å². The fraction of sp³-hybridized carbons (Fsp3) is 0.441. The lowest BCUT2D eigenvalue weighted by atomic mass is 10.1. The fourth-order valence-electron chi connectivity index (χ4n) is 6.40. The maximum Gasteiger partial charge on any atom is 0.472 e. The topological polar surface area (TPSA) is 307 Å². The van der Waals surface area contributed by atoms with Crippen LogP contribution in [0.3, 0.4) is 0 Å². The van der Waals surface area contributed by atoms with Crippen LogP contribution in [0.4, 0.5) is 11.6 Å². The summed E-state index contributed by atoms with van der Waals surface area (Å²) >= 11 is 6.28. The molecule has 4 aromatic rings. The van der Waals surface area contributed by atoms with Gasteiger partial charge < -0.3 is 49.6 Å². The van der Waals surface area contributed by atoms with E-state index in [1.807, 2.05) is 0 Å². The number of nitrogens with two attached hydrogens (primary N) is 2. The lowest BCUT2D eigenvalue weighted by molar-refractivity contribution is -0.163. The van der Waals surface area contributed by atoms with Crippen LogP contribution in [0.5, 0.6) is 5.75 Å². The lowest BCUT2D eigenvalue weighted by Crippen LogP contribution is -2.48. The van der Waals surface area contributed by atoms with Gasteiger partial charge in [-0.1, -0.05) is 29.8 Å². The van der Waals surface area contributed by atoms with Gasteiger partial charge in [0.25, 0.3) is 0 Å². The first kappa shape index (κ1) is 44.7. The summed E-state index contributed by atoms with van der Waals surface area (Å²) in [6.45, 7) is 2.02. The maximum atomic E-state index is 14.1. The van der Waals surface area contributed by atoms with E-state index >= 15 is 0 Å². The minimum atomic E-state index is -5.07. The molecule has 5 heterocycles. The molecule has 0 aliphatic carbocycles. The van der Waals surface area contributed by atoms with E-state index in [1.165, 1.54) is 41.4 Å². The zero-order chi connectivity index (χ0) is 43.1. The van der Waals surface area contributed by atoms with Gasteiger partial charge in [-0.3, -0.25) is 27.5 Å². The number of aromatic nitrogens is 6. The van der Waals surface area contributed by atoms with Crippen molar-refractivity contribution in [2.24, 2.45) is 0 Å². The maximum absolute atomic E-state index is 14.1. The Morgan fingerprint density at radius 3 is 2.55 bits per heavy atom. The van der Waals surface area contributed by atoms with Gasteiger partial charge in [-0.15, -0.1) is 6.58 Å². The van der Waals surface area contributed by atoms with Gasteiger partial charge in [0.15, 0.2) is 17.5 Å². The van der Waals surface area contributed by atoms with Gasteiger partial charge in [0, 0.05) is 32.5 Å². The molecule has 2 aliphatic rings. The van der Waals surface area contributed by atoms with Crippen molar-refractivity contribution in [2.45, 2.75) is 68.6 Å². The predicted octanol–water partition coefficient (Wildman–Crippen LogP) is 2.16. The smallest absolute Gasteiger partial charge is 0.472 e. The highest BCUT2D eigenvalue weighted by Crippen LogP contribution is 2.49. The molecular formula is C34H42ClN9O14P2. The number of para-hydroxylation sites is 1. The van der Waals surface area contributed by atoms with E-state index in [9.17, 15) is 33.3 Å². The Morgan fingerprint density at radius 2 is 1.83 bits per heavy atom. The van der Waals surface area contributed by atoms with E-state index < -0.39 is 89.8 Å². The molecule has 60 heavy (non-hydrogen) atoms. The standard InChI is InChI=1S/C34H42ClN9O14P2/c1-3-4-9-27(45)42(2)20(14-52-21-8-6-5-7-19(21)35)33(46)57-22-12-29(44-18-40-30-31(37)38-17-39-32(30)44)56-25(22)16-54-60(50,51)58-23-13-28(55-24(23)15-53-59(48)49)43-11-10-26(36)41-34(43)47/h3,5-8,10-11,17-18,20,22-25,28-29,59H,1,4,9,12-16H2,2H3,(H,48,49)(H,50,51)(H2,36,41,47)(H2,37,38,39)/t20-,22?,23-,24+,25+,28+,29+/m0/s1. The number of rotatable bonds is 19. The summed E-state index contributed by atoms with van der Waals surface area (Å²) in [5.41, 5.74) is 11.3. The summed E-state index contributed by atoms with van der Waals surface area (Å²) in [7, 11) is -7.12. The van der Waals surface area contributed by atoms with Crippen LogP contribution in [-0.4, -0.2) is 113 Å². The zero-order valence-corrected chi connectivity index (χ0v) is 34.4. The van der Waals surface area contributed by atoms with Crippen molar-refractivity contribution in [3.63, 3.8) is 0 Å². The molecule has 26 heteroatoms. The Labute approximate surface area is 346 Å². The van der Waals surface area contributed by atoms with E-state index in [0.29, 0.717) is 6.42 Å². The minimum absolute atomic E-state index is 0.0394. The quantitative estimate of drug-likeness (QED) is 0.0595. The molecule has 0 bridgehead atoms. The second-order valence-corrected chi connectivity index (χ2v) is 16.0. The van der Waals surface area contributed by atoms with E-state index in [1.54, 1.807) is 30.3 Å². The largest absolute Gasteiger partial charge is 0.489 e. The number of esters is 1. The summed E-state index contributed by atoms with van der Waals surface area (Å²) in [4.78, 5) is 77.3. The molecule has 0 saturated carbocycles. The van der Waals surface area contributed by atoms with E-state index in [4.69, 9.17) is 55.6 Å². The van der Waals surface area contributed by atoms with Gasteiger partial charge in [-0.25, -0.2) is 29.1 Å². The molecule has 1 aromatic carbocycles. The number of allylic oxidation sites excluding steroid dienone is 1. The van der Waals surface area contributed by atoms with Crippen LogP contribution in [0.15, 0.2) is 66.6 Å². The number of nitrogen functional groups attached to an aromatic ring is 2. The number of halogens is 1. The van der Waals surface area contributed by atoms with Gasteiger partial charge in [0.2, 0.25) is 5.91 Å². The summed E-state index contributed by atoms with van der Waals surface area (Å²) in [5.74, 6) is -1.03. The third-order valence-corrected chi connectivity index (χ3v) is 11.2. The molecule has 6 N–H and O–H groups in total. The van der Waals surface area contributed by atoms with Crippen LogP contribution in [0.2, 0.25) is 5.02 Å². The Morgan fingerprint density at radius 1 is 1.12 bits per heavy atom. The monoisotopic (exact) mass is 897 g/mol. The van der Waals surface area contributed by atoms with Crippen LogP contribution in [0.1, 0.15) is 38.1 Å². The Hall–Kier alpha value is -4.80. The third-order valence-electron chi connectivity index (χ3n) is 9.46. The van der Waals surface area contributed by atoms with Crippen molar-refractivity contribution in [3.8, 4) is 5.75 Å². The first-order valence-corrected chi connectivity index (χ1v) is 21.3.